The molecule has 2 rings (SSSR count). The lowest BCUT2D eigenvalue weighted by Crippen LogP contribution is -2.43. The maximum atomic E-state index is 12.4. The summed E-state index contributed by atoms with van der Waals surface area (Å²) in [5.41, 5.74) is 2.65. The van der Waals surface area contributed by atoms with E-state index in [9.17, 15) is 9.59 Å². The van der Waals surface area contributed by atoms with E-state index in [0.717, 1.165) is 55.7 Å². The summed E-state index contributed by atoms with van der Waals surface area (Å²) in [6.45, 7) is 14.2. The highest BCUT2D eigenvalue weighted by molar-refractivity contribution is 5.94. The summed E-state index contributed by atoms with van der Waals surface area (Å²) in [7, 11) is 0. The largest absolute Gasteiger partial charge is 0.354 e. The molecule has 0 aromatic heterocycles. The van der Waals surface area contributed by atoms with Crippen LogP contribution < -0.4 is 10.6 Å². The third kappa shape index (κ3) is 6.98. The lowest BCUT2D eigenvalue weighted by atomic mass is 9.95. The van der Waals surface area contributed by atoms with Crippen LogP contribution in [0.2, 0.25) is 0 Å². The Morgan fingerprint density at radius 3 is 2.19 bits per heavy atom. The van der Waals surface area contributed by atoms with Gasteiger partial charge in [-0.15, -0.1) is 0 Å². The van der Waals surface area contributed by atoms with Gasteiger partial charge in [0.15, 0.2) is 0 Å². The lowest BCUT2D eigenvalue weighted by molar-refractivity contribution is -0.128. The van der Waals surface area contributed by atoms with Gasteiger partial charge in [-0.05, 0) is 57.8 Å². The number of carbonyl (C=O) groups excluding carboxylic acids is 2. The van der Waals surface area contributed by atoms with E-state index < -0.39 is 0 Å². The molecule has 1 aromatic rings. The molecule has 2 N–H and O–H groups in total. The quantitative estimate of drug-likeness (QED) is 0.806. The maximum Gasteiger partial charge on any atom is 0.251 e. The number of aryl methyl sites for hydroxylation is 2. The van der Waals surface area contributed by atoms with E-state index in [2.05, 4.69) is 21.6 Å². The summed E-state index contributed by atoms with van der Waals surface area (Å²) >= 11 is 0. The summed E-state index contributed by atoms with van der Waals surface area (Å²) < 4.78 is 0. The summed E-state index contributed by atoms with van der Waals surface area (Å²) in [5, 5.41) is 6.11. The molecule has 1 aliphatic heterocycles. The van der Waals surface area contributed by atoms with Gasteiger partial charge in [0.1, 0.15) is 0 Å². The minimum atomic E-state index is -0.332. The molecule has 5 heteroatoms. The highest BCUT2D eigenvalue weighted by Gasteiger charge is 2.22. The highest BCUT2D eigenvalue weighted by Crippen LogP contribution is 2.17. The van der Waals surface area contributed by atoms with E-state index >= 15 is 0 Å². The molecule has 0 saturated carbocycles. The maximum absolute atomic E-state index is 12.4. The van der Waals surface area contributed by atoms with Gasteiger partial charge in [0.05, 0.1) is 0 Å². The van der Waals surface area contributed by atoms with Crippen LogP contribution >= 0.6 is 0 Å². The molecule has 0 aliphatic carbocycles. The zero-order chi connectivity index (χ0) is 20.0. The predicted octanol–water partition coefficient (Wildman–Crippen LogP) is 2.91. The molecule has 0 bridgehead atoms. The topological polar surface area (TPSA) is 61.4 Å². The smallest absolute Gasteiger partial charge is 0.251 e. The molecule has 1 aliphatic rings. The zero-order valence-corrected chi connectivity index (χ0v) is 17.5. The van der Waals surface area contributed by atoms with Crippen LogP contribution in [0.3, 0.4) is 0 Å². The molecule has 0 atom stereocenters. The van der Waals surface area contributed by atoms with Gasteiger partial charge in [-0.25, -0.2) is 0 Å². The van der Waals surface area contributed by atoms with Crippen molar-refractivity contribution in [2.45, 2.75) is 47.5 Å². The van der Waals surface area contributed by atoms with Crippen LogP contribution in [0, 0.1) is 25.2 Å². The van der Waals surface area contributed by atoms with E-state index in [1.807, 2.05) is 46.8 Å². The van der Waals surface area contributed by atoms with Gasteiger partial charge < -0.3 is 15.5 Å². The Bertz CT molecular complexity index is 636. The number of likely N-dealkylation sites (tertiary alicyclic amines) is 1. The number of nitrogens with one attached hydrogen (secondary N) is 2. The van der Waals surface area contributed by atoms with Crippen LogP contribution in [0.4, 0.5) is 0 Å². The minimum absolute atomic E-state index is 0.0223. The SMILES string of the molecule is Cc1cc(C)cc(C(=O)NCC2CCN(CCNC(=O)C(C)(C)C)CC2)c1. The first kappa shape index (κ1) is 21.4. The minimum Gasteiger partial charge on any atom is -0.354 e. The van der Waals surface area contributed by atoms with Crippen molar-refractivity contribution in [3.63, 3.8) is 0 Å². The average Bonchev–Trinajstić information content (AvgIpc) is 2.59. The van der Waals surface area contributed by atoms with Crippen molar-refractivity contribution in [2.75, 3.05) is 32.7 Å². The van der Waals surface area contributed by atoms with Crippen molar-refractivity contribution in [3.05, 3.63) is 34.9 Å². The molecule has 150 valence electrons. The number of amides is 2. The second-order valence-corrected chi connectivity index (χ2v) is 8.88. The van der Waals surface area contributed by atoms with E-state index in [0.29, 0.717) is 12.5 Å². The van der Waals surface area contributed by atoms with Crippen molar-refractivity contribution in [1.29, 1.82) is 0 Å². The monoisotopic (exact) mass is 373 g/mol. The molecule has 5 nitrogen and oxygen atoms in total. The summed E-state index contributed by atoms with van der Waals surface area (Å²) in [6, 6.07) is 5.96. The second kappa shape index (κ2) is 9.36. The predicted molar refractivity (Wildman–Crippen MR) is 110 cm³/mol. The molecule has 1 saturated heterocycles. The molecule has 27 heavy (non-hydrogen) atoms. The van der Waals surface area contributed by atoms with E-state index in [1.54, 1.807) is 0 Å². The number of piperidine rings is 1. The van der Waals surface area contributed by atoms with Gasteiger partial charge in [0.25, 0.3) is 5.91 Å². The highest BCUT2D eigenvalue weighted by atomic mass is 16.2. The molecular formula is C22H35N3O2. The number of hydrogen-bond donors (Lipinski definition) is 2. The first-order valence-electron chi connectivity index (χ1n) is 10.0. The molecular weight excluding hydrogens is 338 g/mol. The Morgan fingerprint density at radius 1 is 1.04 bits per heavy atom. The average molecular weight is 374 g/mol. The molecule has 0 unspecified atom stereocenters. The Labute approximate surface area is 163 Å². The molecule has 0 radical (unpaired) electrons. The Kier molecular flexibility index (Phi) is 7.42. The molecule has 2 amide bonds. The second-order valence-electron chi connectivity index (χ2n) is 8.88. The third-order valence-electron chi connectivity index (χ3n) is 5.14. The Morgan fingerprint density at radius 2 is 1.63 bits per heavy atom. The van der Waals surface area contributed by atoms with Gasteiger partial charge >= 0.3 is 0 Å². The van der Waals surface area contributed by atoms with Crippen molar-refractivity contribution >= 4 is 11.8 Å². The molecule has 1 heterocycles. The van der Waals surface area contributed by atoms with E-state index in [4.69, 9.17) is 0 Å². The van der Waals surface area contributed by atoms with Crippen molar-refractivity contribution in [1.82, 2.24) is 15.5 Å². The molecule has 1 aromatic carbocycles. The fraction of sp³-hybridized carbons (Fsp3) is 0.636. The first-order chi connectivity index (χ1) is 12.6. The fourth-order valence-electron chi connectivity index (χ4n) is 3.45. The number of rotatable bonds is 6. The van der Waals surface area contributed by atoms with E-state index in [1.165, 1.54) is 0 Å². The van der Waals surface area contributed by atoms with Crippen molar-refractivity contribution in [2.24, 2.45) is 11.3 Å². The van der Waals surface area contributed by atoms with E-state index in [-0.39, 0.29) is 17.2 Å². The van der Waals surface area contributed by atoms with Gasteiger partial charge in [0.2, 0.25) is 5.91 Å². The third-order valence-corrected chi connectivity index (χ3v) is 5.14. The van der Waals surface area contributed by atoms with Crippen LogP contribution in [-0.2, 0) is 4.79 Å². The molecule has 0 spiro atoms. The standard InChI is InChI=1S/C22H35N3O2/c1-16-12-17(2)14-19(13-16)20(26)24-15-18-6-9-25(10-7-18)11-8-23-21(27)22(3,4)5/h12-14,18H,6-11,15H2,1-5H3,(H,23,27)(H,24,26). The van der Waals surface area contributed by atoms with Crippen molar-refractivity contribution in [3.8, 4) is 0 Å². The summed E-state index contributed by atoms with van der Waals surface area (Å²) in [4.78, 5) is 26.7. The van der Waals surface area contributed by atoms with Crippen molar-refractivity contribution < 1.29 is 9.59 Å². The first-order valence-corrected chi connectivity index (χ1v) is 10.0. The lowest BCUT2D eigenvalue weighted by Gasteiger charge is -2.32. The van der Waals surface area contributed by atoms with Crippen LogP contribution in [0.25, 0.3) is 0 Å². The number of carbonyl (C=O) groups is 2. The van der Waals surface area contributed by atoms with Gasteiger partial charge in [-0.2, -0.15) is 0 Å². The number of benzene rings is 1. The van der Waals surface area contributed by atoms with Crippen LogP contribution in [0.15, 0.2) is 18.2 Å². The fourth-order valence-corrected chi connectivity index (χ4v) is 3.45. The normalized spacial score (nSPS) is 16.2. The Hall–Kier alpha value is -1.88. The zero-order valence-electron chi connectivity index (χ0n) is 17.5. The van der Waals surface area contributed by atoms with Crippen LogP contribution in [-0.4, -0.2) is 49.4 Å². The number of nitrogens with zero attached hydrogens (tertiary/aromatic N) is 1. The number of hydrogen-bond acceptors (Lipinski definition) is 3. The van der Waals surface area contributed by atoms with Gasteiger partial charge in [0, 0.05) is 30.6 Å². The molecule has 1 fully saturated rings. The summed E-state index contributed by atoms with van der Waals surface area (Å²) in [6.07, 6.45) is 2.17. The van der Waals surface area contributed by atoms with Crippen LogP contribution in [0.1, 0.15) is 55.1 Å². The Balaban J connectivity index is 1.67. The van der Waals surface area contributed by atoms with Gasteiger partial charge in [-0.3, -0.25) is 9.59 Å². The van der Waals surface area contributed by atoms with Gasteiger partial charge in [-0.1, -0.05) is 38.0 Å². The summed E-state index contributed by atoms with van der Waals surface area (Å²) in [5.74, 6) is 0.654. The van der Waals surface area contributed by atoms with Crippen LogP contribution in [0.5, 0.6) is 0 Å².